The minimum atomic E-state index is -0.515. The summed E-state index contributed by atoms with van der Waals surface area (Å²) in [6.45, 7) is 5.56. The van der Waals surface area contributed by atoms with Gasteiger partial charge in [-0.25, -0.2) is 9.78 Å². The maximum absolute atomic E-state index is 12.1. The van der Waals surface area contributed by atoms with Crippen LogP contribution >= 0.6 is 0 Å². The Bertz CT molecular complexity index is 1310. The maximum Gasteiger partial charge on any atom is 0.407 e. The zero-order chi connectivity index (χ0) is 24.4. The van der Waals surface area contributed by atoms with Crippen molar-refractivity contribution in [3.05, 3.63) is 73.2 Å². The zero-order valence-electron chi connectivity index (χ0n) is 20.0. The van der Waals surface area contributed by atoms with Crippen molar-refractivity contribution in [1.29, 1.82) is 0 Å². The van der Waals surface area contributed by atoms with Crippen molar-refractivity contribution in [3.8, 4) is 23.1 Å². The summed E-state index contributed by atoms with van der Waals surface area (Å²) in [5.74, 6) is 2.63. The van der Waals surface area contributed by atoms with Gasteiger partial charge in [-0.15, -0.1) is 0 Å². The van der Waals surface area contributed by atoms with Crippen molar-refractivity contribution in [2.75, 3.05) is 0 Å². The van der Waals surface area contributed by atoms with Crippen LogP contribution in [-0.2, 0) is 4.74 Å². The van der Waals surface area contributed by atoms with Gasteiger partial charge in [-0.3, -0.25) is 0 Å². The molecule has 2 heterocycles. The molecular formula is C27H28N4O4. The largest absolute Gasteiger partial charge is 0.457 e. The molecule has 180 valence electrons. The molecule has 0 spiro atoms. The highest BCUT2D eigenvalue weighted by Gasteiger charge is 2.34. The molecule has 1 aliphatic carbocycles. The lowest BCUT2D eigenvalue weighted by atomic mass is 9.86. The second-order valence-corrected chi connectivity index (χ2v) is 9.59. The summed E-state index contributed by atoms with van der Waals surface area (Å²) in [6.07, 6.45) is 4.71. The summed E-state index contributed by atoms with van der Waals surface area (Å²) in [4.78, 5) is 20.9. The first kappa shape index (κ1) is 22.7. The van der Waals surface area contributed by atoms with Gasteiger partial charge in [-0.2, -0.15) is 4.98 Å². The molecule has 0 saturated heterocycles. The van der Waals surface area contributed by atoms with E-state index in [4.69, 9.17) is 14.2 Å². The molecule has 0 aliphatic heterocycles. The van der Waals surface area contributed by atoms with Crippen LogP contribution in [0, 0.1) is 0 Å². The van der Waals surface area contributed by atoms with Gasteiger partial charge in [0.2, 0.25) is 5.88 Å². The van der Waals surface area contributed by atoms with E-state index in [2.05, 4.69) is 19.9 Å². The first-order valence-corrected chi connectivity index (χ1v) is 11.7. The summed E-state index contributed by atoms with van der Waals surface area (Å²) in [6, 6.07) is 19.3. The number of benzene rings is 2. The number of para-hydroxylation sites is 1. The van der Waals surface area contributed by atoms with E-state index in [9.17, 15) is 4.79 Å². The first-order chi connectivity index (χ1) is 16.8. The van der Waals surface area contributed by atoms with E-state index in [-0.39, 0.29) is 18.2 Å². The number of hydrogen-bond acceptors (Lipinski definition) is 6. The number of rotatable bonds is 6. The minimum absolute atomic E-state index is 0.0680. The van der Waals surface area contributed by atoms with Gasteiger partial charge < -0.3 is 24.1 Å². The molecule has 1 saturated carbocycles. The molecule has 5 rings (SSSR count). The highest BCUT2D eigenvalue weighted by molar-refractivity contribution is 5.81. The molecule has 2 aromatic heterocycles. The summed E-state index contributed by atoms with van der Waals surface area (Å²) >= 11 is 0. The molecule has 4 aromatic rings. The molecule has 0 unspecified atom stereocenters. The quantitative estimate of drug-likeness (QED) is 0.357. The van der Waals surface area contributed by atoms with E-state index in [1.807, 2.05) is 87.6 Å². The minimum Gasteiger partial charge on any atom is -0.457 e. The van der Waals surface area contributed by atoms with Crippen LogP contribution in [0.4, 0.5) is 4.79 Å². The maximum atomic E-state index is 12.1. The molecule has 0 atom stereocenters. The lowest BCUT2D eigenvalue weighted by molar-refractivity contribution is 0.0457. The van der Waals surface area contributed by atoms with Gasteiger partial charge >= 0.3 is 6.09 Å². The van der Waals surface area contributed by atoms with E-state index in [0.29, 0.717) is 11.6 Å². The molecule has 1 aliphatic rings. The van der Waals surface area contributed by atoms with Gasteiger partial charge in [0.15, 0.2) is 0 Å². The predicted molar refractivity (Wildman–Crippen MR) is 132 cm³/mol. The number of nitrogens with one attached hydrogen (secondary N) is 1. The molecule has 8 nitrogen and oxygen atoms in total. The summed E-state index contributed by atoms with van der Waals surface area (Å²) in [7, 11) is 0. The number of hydrogen-bond donors (Lipinski definition) is 1. The number of carbonyl (C=O) groups is 1. The third-order valence-corrected chi connectivity index (χ3v) is 5.71. The van der Waals surface area contributed by atoms with Gasteiger partial charge in [-0.1, -0.05) is 18.2 Å². The van der Waals surface area contributed by atoms with Crippen molar-refractivity contribution in [2.24, 2.45) is 0 Å². The van der Waals surface area contributed by atoms with E-state index in [1.165, 1.54) is 6.33 Å². The van der Waals surface area contributed by atoms with Crippen LogP contribution in [0.25, 0.3) is 11.0 Å². The fourth-order valence-electron chi connectivity index (χ4n) is 4.06. The highest BCUT2D eigenvalue weighted by atomic mass is 16.6. The molecule has 1 amide bonds. The SMILES string of the molecule is CC(C)(C)OC(=O)NC1CC(n2ccc3ncnc(Oc4ccc(Oc5ccccc5)cc4)c32)C1. The fraction of sp³-hybridized carbons (Fsp3) is 0.296. The Kier molecular flexibility index (Phi) is 6.03. The normalized spacial score (nSPS) is 17.5. The zero-order valence-corrected chi connectivity index (χ0v) is 20.0. The number of alkyl carbamates (subject to hydrolysis) is 1. The number of amides is 1. The van der Waals surface area contributed by atoms with Crippen LogP contribution in [0.1, 0.15) is 39.7 Å². The Morgan fingerprint density at radius 1 is 0.914 bits per heavy atom. The molecule has 35 heavy (non-hydrogen) atoms. The molecule has 2 aromatic carbocycles. The van der Waals surface area contributed by atoms with Crippen LogP contribution in [0.2, 0.25) is 0 Å². The van der Waals surface area contributed by atoms with Crippen molar-refractivity contribution in [3.63, 3.8) is 0 Å². The molecule has 0 radical (unpaired) electrons. The Balaban J connectivity index is 1.27. The smallest absolute Gasteiger partial charge is 0.407 e. The molecule has 8 heteroatoms. The van der Waals surface area contributed by atoms with E-state index >= 15 is 0 Å². The third-order valence-electron chi connectivity index (χ3n) is 5.71. The number of ether oxygens (including phenoxy) is 3. The Morgan fingerprint density at radius 3 is 2.26 bits per heavy atom. The lowest BCUT2D eigenvalue weighted by Crippen LogP contribution is -2.46. The van der Waals surface area contributed by atoms with E-state index in [1.54, 1.807) is 0 Å². The van der Waals surface area contributed by atoms with Crippen LogP contribution in [0.5, 0.6) is 23.1 Å². The fourth-order valence-corrected chi connectivity index (χ4v) is 4.06. The third kappa shape index (κ3) is 5.37. The summed E-state index contributed by atoms with van der Waals surface area (Å²) < 4.78 is 19.5. The summed E-state index contributed by atoms with van der Waals surface area (Å²) in [5.41, 5.74) is 1.12. The number of nitrogens with zero attached hydrogens (tertiary/aromatic N) is 3. The average molecular weight is 473 g/mol. The molecular weight excluding hydrogens is 444 g/mol. The predicted octanol–water partition coefficient (Wildman–Crippen LogP) is 6.24. The highest BCUT2D eigenvalue weighted by Crippen LogP contribution is 2.38. The topological polar surface area (TPSA) is 87.5 Å². The Morgan fingerprint density at radius 2 is 1.57 bits per heavy atom. The second kappa shape index (κ2) is 9.29. The van der Waals surface area contributed by atoms with E-state index < -0.39 is 5.60 Å². The van der Waals surface area contributed by atoms with Gasteiger partial charge in [0.1, 0.15) is 34.7 Å². The van der Waals surface area contributed by atoms with Crippen LogP contribution in [-0.4, -0.2) is 32.3 Å². The van der Waals surface area contributed by atoms with Gasteiger partial charge in [-0.05, 0) is 76.1 Å². The first-order valence-electron chi connectivity index (χ1n) is 11.7. The van der Waals surface area contributed by atoms with Gasteiger partial charge in [0.05, 0.1) is 5.52 Å². The molecule has 1 fully saturated rings. The van der Waals surface area contributed by atoms with Crippen LogP contribution in [0.3, 0.4) is 0 Å². The summed E-state index contributed by atoms with van der Waals surface area (Å²) in [5, 5.41) is 2.94. The van der Waals surface area contributed by atoms with E-state index in [0.717, 1.165) is 35.4 Å². The van der Waals surface area contributed by atoms with Gasteiger partial charge in [0.25, 0.3) is 0 Å². The van der Waals surface area contributed by atoms with Crippen molar-refractivity contribution >= 4 is 17.1 Å². The number of fused-ring (bicyclic) bond motifs is 1. The van der Waals surface area contributed by atoms with Crippen molar-refractivity contribution in [1.82, 2.24) is 19.9 Å². The van der Waals surface area contributed by atoms with Crippen LogP contribution < -0.4 is 14.8 Å². The Labute approximate surface area is 203 Å². The number of aromatic nitrogens is 3. The Hall–Kier alpha value is -4.07. The van der Waals surface area contributed by atoms with Crippen molar-refractivity contribution in [2.45, 2.75) is 51.3 Å². The molecule has 1 N–H and O–H groups in total. The number of carbonyl (C=O) groups excluding carboxylic acids is 1. The average Bonchev–Trinajstić information content (AvgIpc) is 3.21. The van der Waals surface area contributed by atoms with Crippen molar-refractivity contribution < 1.29 is 19.0 Å². The van der Waals surface area contributed by atoms with Crippen LogP contribution in [0.15, 0.2) is 73.2 Å². The second-order valence-electron chi connectivity index (χ2n) is 9.59. The monoisotopic (exact) mass is 472 g/mol. The van der Waals surface area contributed by atoms with Gasteiger partial charge in [0, 0.05) is 18.3 Å². The standard InChI is InChI=1S/C27H28N4O4/c1-27(2,3)35-26(32)30-18-15-19(16-18)31-14-13-23-24(31)25(29-17-28-23)34-22-11-9-21(10-12-22)33-20-7-5-4-6-8-20/h4-14,17-19H,15-16H2,1-3H3,(H,30,32). The molecule has 0 bridgehead atoms. The lowest BCUT2D eigenvalue weighted by Gasteiger charge is -2.37.